The van der Waals surface area contributed by atoms with Crippen LogP contribution >= 0.6 is 0 Å². The predicted molar refractivity (Wildman–Crippen MR) is 122 cm³/mol. The first-order chi connectivity index (χ1) is 15.9. The van der Waals surface area contributed by atoms with Gasteiger partial charge in [-0.2, -0.15) is 0 Å². The number of furan rings is 1. The van der Waals surface area contributed by atoms with Crippen LogP contribution < -0.4 is 14.2 Å². The largest absolute Gasteiger partial charge is 0.497 e. The number of benzene rings is 2. The highest BCUT2D eigenvalue weighted by atomic mass is 32.2. The molecule has 0 spiro atoms. The van der Waals surface area contributed by atoms with Crippen molar-refractivity contribution in [2.24, 2.45) is 0 Å². The molecule has 1 N–H and O–H groups in total. The van der Waals surface area contributed by atoms with Gasteiger partial charge in [0, 0.05) is 17.7 Å². The van der Waals surface area contributed by atoms with E-state index in [1.807, 2.05) is 18.2 Å². The topological polar surface area (TPSA) is 98.1 Å². The number of rotatable bonds is 8. The summed E-state index contributed by atoms with van der Waals surface area (Å²) >= 11 is 0. The van der Waals surface area contributed by atoms with Gasteiger partial charge in [-0.15, -0.1) is 0 Å². The summed E-state index contributed by atoms with van der Waals surface area (Å²) in [5.74, 6) is 1.75. The Morgan fingerprint density at radius 1 is 1.12 bits per heavy atom. The molecule has 1 atom stereocenters. The number of methoxy groups -OCH3 is 2. The van der Waals surface area contributed by atoms with E-state index >= 15 is 0 Å². The lowest BCUT2D eigenvalue weighted by atomic mass is 10.0. The average molecular weight is 471 g/mol. The fourth-order valence-electron chi connectivity index (χ4n) is 4.04. The third-order valence-electron chi connectivity index (χ3n) is 5.74. The lowest BCUT2D eigenvalue weighted by molar-refractivity contribution is 0.0734. The van der Waals surface area contributed by atoms with Crippen molar-refractivity contribution < 1.29 is 27.1 Å². The molecule has 1 aliphatic rings. The molecule has 0 aliphatic carbocycles. The molecule has 0 bridgehead atoms. The molecule has 1 amide bonds. The lowest BCUT2D eigenvalue weighted by Crippen LogP contribution is -2.31. The van der Waals surface area contributed by atoms with E-state index in [2.05, 4.69) is 4.72 Å². The van der Waals surface area contributed by atoms with Crippen molar-refractivity contribution in [3.63, 3.8) is 0 Å². The summed E-state index contributed by atoms with van der Waals surface area (Å²) in [6.07, 6.45) is 3.15. The number of hydrogen-bond donors (Lipinski definition) is 1. The van der Waals surface area contributed by atoms with Crippen LogP contribution in [-0.2, 0) is 16.6 Å². The van der Waals surface area contributed by atoms with Crippen LogP contribution in [0, 0.1) is 0 Å². The first-order valence-electron chi connectivity index (χ1n) is 10.6. The SMILES string of the molecule is COc1ccc(OC)c([C@H]2CCCN2C(=O)c2ccc(S(=O)(=O)NCc3ccco3)cc2)c1. The second-order valence-electron chi connectivity index (χ2n) is 7.69. The van der Waals surface area contributed by atoms with Crippen molar-refractivity contribution in [3.05, 3.63) is 77.7 Å². The maximum atomic E-state index is 13.3. The molecule has 1 aliphatic heterocycles. The van der Waals surface area contributed by atoms with E-state index in [9.17, 15) is 13.2 Å². The minimum absolute atomic E-state index is 0.0494. The molecule has 1 saturated heterocycles. The lowest BCUT2D eigenvalue weighted by Gasteiger charge is -2.27. The summed E-state index contributed by atoms with van der Waals surface area (Å²) in [6.45, 7) is 0.655. The molecule has 9 heteroatoms. The van der Waals surface area contributed by atoms with Gasteiger partial charge in [-0.1, -0.05) is 0 Å². The van der Waals surface area contributed by atoms with Crippen LogP contribution in [0.5, 0.6) is 11.5 Å². The number of ether oxygens (including phenoxy) is 2. The van der Waals surface area contributed by atoms with Crippen molar-refractivity contribution in [1.82, 2.24) is 9.62 Å². The maximum absolute atomic E-state index is 13.3. The third-order valence-corrected chi connectivity index (χ3v) is 7.15. The molecule has 33 heavy (non-hydrogen) atoms. The van der Waals surface area contributed by atoms with Gasteiger partial charge in [-0.05, 0) is 67.4 Å². The molecule has 1 aromatic heterocycles. The number of carbonyl (C=O) groups is 1. The summed E-state index contributed by atoms with van der Waals surface area (Å²) in [7, 11) is -0.532. The van der Waals surface area contributed by atoms with Crippen LogP contribution in [0.4, 0.5) is 0 Å². The highest BCUT2D eigenvalue weighted by Gasteiger charge is 2.33. The zero-order chi connectivity index (χ0) is 23.4. The van der Waals surface area contributed by atoms with E-state index < -0.39 is 10.0 Å². The van der Waals surface area contributed by atoms with E-state index in [1.54, 1.807) is 43.4 Å². The quantitative estimate of drug-likeness (QED) is 0.538. The fourth-order valence-corrected chi connectivity index (χ4v) is 5.03. The number of likely N-dealkylation sites (tertiary alicyclic amines) is 1. The Hall–Kier alpha value is -3.30. The van der Waals surface area contributed by atoms with Gasteiger partial charge in [0.15, 0.2) is 0 Å². The smallest absolute Gasteiger partial charge is 0.254 e. The van der Waals surface area contributed by atoms with Gasteiger partial charge in [0.1, 0.15) is 17.3 Å². The minimum Gasteiger partial charge on any atom is -0.497 e. The van der Waals surface area contributed by atoms with Gasteiger partial charge in [0.05, 0.1) is 38.0 Å². The molecule has 2 aromatic carbocycles. The van der Waals surface area contributed by atoms with Crippen LogP contribution in [-0.4, -0.2) is 40.0 Å². The van der Waals surface area contributed by atoms with Crippen molar-refractivity contribution in [2.45, 2.75) is 30.3 Å². The molecular formula is C24H26N2O6S. The Morgan fingerprint density at radius 3 is 2.58 bits per heavy atom. The van der Waals surface area contributed by atoms with Crippen molar-refractivity contribution in [3.8, 4) is 11.5 Å². The molecule has 0 saturated carbocycles. The monoisotopic (exact) mass is 470 g/mol. The Bertz CT molecular complexity index is 1210. The molecule has 0 radical (unpaired) electrons. The average Bonchev–Trinajstić information content (AvgIpc) is 3.54. The molecule has 3 aromatic rings. The summed E-state index contributed by atoms with van der Waals surface area (Å²) in [4.78, 5) is 15.2. The molecule has 0 unspecified atom stereocenters. The molecular weight excluding hydrogens is 444 g/mol. The first-order valence-corrected chi connectivity index (χ1v) is 12.1. The summed E-state index contributed by atoms with van der Waals surface area (Å²) in [5.41, 5.74) is 1.32. The normalized spacial score (nSPS) is 16.1. The molecule has 4 rings (SSSR count). The van der Waals surface area contributed by atoms with Gasteiger partial charge < -0.3 is 18.8 Å². The van der Waals surface area contributed by atoms with Crippen molar-refractivity contribution in [2.75, 3.05) is 20.8 Å². The van der Waals surface area contributed by atoms with E-state index in [-0.39, 0.29) is 23.4 Å². The number of nitrogens with one attached hydrogen (secondary N) is 1. The summed E-state index contributed by atoms with van der Waals surface area (Å²) < 4.78 is 43.6. The van der Waals surface area contributed by atoms with Gasteiger partial charge in [-0.3, -0.25) is 4.79 Å². The van der Waals surface area contributed by atoms with Gasteiger partial charge in [-0.25, -0.2) is 13.1 Å². The highest BCUT2D eigenvalue weighted by Crippen LogP contribution is 2.39. The first kappa shape index (κ1) is 22.9. The second kappa shape index (κ2) is 9.68. The Kier molecular flexibility index (Phi) is 6.71. The number of amides is 1. The predicted octanol–water partition coefficient (Wildman–Crippen LogP) is 3.75. The zero-order valence-electron chi connectivity index (χ0n) is 18.5. The summed E-state index contributed by atoms with van der Waals surface area (Å²) in [5, 5.41) is 0. The number of sulfonamides is 1. The minimum atomic E-state index is -3.73. The van der Waals surface area contributed by atoms with Crippen LogP contribution in [0.3, 0.4) is 0 Å². The number of hydrogen-bond acceptors (Lipinski definition) is 6. The van der Waals surface area contributed by atoms with E-state index in [1.165, 1.54) is 18.4 Å². The molecule has 2 heterocycles. The van der Waals surface area contributed by atoms with Gasteiger partial charge in [0.2, 0.25) is 10.0 Å². The van der Waals surface area contributed by atoms with Crippen LogP contribution in [0.15, 0.2) is 70.2 Å². The van der Waals surface area contributed by atoms with Gasteiger partial charge in [0.25, 0.3) is 5.91 Å². The number of carbonyl (C=O) groups excluding carboxylic acids is 1. The standard InChI is InChI=1S/C24H26N2O6S/c1-30-18-9-12-23(31-2)21(15-18)22-6-3-13-26(22)24(27)17-7-10-20(11-8-17)33(28,29)25-16-19-5-4-14-32-19/h4-5,7-12,14-15,22,25H,3,6,13,16H2,1-2H3/t22-/m1/s1. The third kappa shape index (κ3) is 4.89. The Labute approximate surface area is 193 Å². The zero-order valence-corrected chi connectivity index (χ0v) is 19.3. The summed E-state index contributed by atoms with van der Waals surface area (Å²) in [6, 6.07) is 14.8. The van der Waals surface area contributed by atoms with E-state index in [0.717, 1.165) is 18.4 Å². The van der Waals surface area contributed by atoms with Crippen LogP contribution in [0.25, 0.3) is 0 Å². The van der Waals surface area contributed by atoms with Crippen LogP contribution in [0.2, 0.25) is 0 Å². The number of nitrogens with zero attached hydrogens (tertiary/aromatic N) is 1. The van der Waals surface area contributed by atoms with E-state index in [4.69, 9.17) is 13.9 Å². The highest BCUT2D eigenvalue weighted by molar-refractivity contribution is 7.89. The maximum Gasteiger partial charge on any atom is 0.254 e. The Morgan fingerprint density at radius 2 is 1.91 bits per heavy atom. The Balaban J connectivity index is 1.52. The second-order valence-corrected chi connectivity index (χ2v) is 9.46. The van der Waals surface area contributed by atoms with E-state index in [0.29, 0.717) is 29.4 Å². The van der Waals surface area contributed by atoms with Crippen LogP contribution in [0.1, 0.15) is 40.6 Å². The van der Waals surface area contributed by atoms with Crippen molar-refractivity contribution >= 4 is 15.9 Å². The molecule has 1 fully saturated rings. The molecule has 8 nitrogen and oxygen atoms in total. The van der Waals surface area contributed by atoms with Gasteiger partial charge >= 0.3 is 0 Å². The molecule has 174 valence electrons. The fraction of sp³-hybridized carbons (Fsp3) is 0.292. The van der Waals surface area contributed by atoms with Crippen molar-refractivity contribution in [1.29, 1.82) is 0 Å².